The van der Waals surface area contributed by atoms with Gasteiger partial charge in [-0.15, -0.1) is 11.8 Å². The zero-order chi connectivity index (χ0) is 22.8. The number of amides is 2. The summed E-state index contributed by atoms with van der Waals surface area (Å²) in [5.41, 5.74) is 4.69. The maximum Gasteiger partial charge on any atom is 0.243 e. The van der Waals surface area contributed by atoms with Crippen LogP contribution in [-0.4, -0.2) is 34.6 Å². The third-order valence-corrected chi connectivity index (χ3v) is 6.70. The summed E-state index contributed by atoms with van der Waals surface area (Å²) in [6.07, 6.45) is 1.45. The highest BCUT2D eigenvalue weighted by molar-refractivity contribution is 7.99. The number of hydrogen-bond donors (Lipinski definition) is 1. The van der Waals surface area contributed by atoms with Crippen LogP contribution in [0.25, 0.3) is 0 Å². The van der Waals surface area contributed by atoms with Crippen molar-refractivity contribution in [2.24, 2.45) is 0 Å². The molecule has 2 aromatic rings. The minimum atomic E-state index is -0.472. The fourth-order valence-electron chi connectivity index (χ4n) is 3.43. The number of thioether (sulfide) groups is 1. The Morgan fingerprint density at radius 3 is 2.06 bits per heavy atom. The Morgan fingerprint density at radius 2 is 1.52 bits per heavy atom. The van der Waals surface area contributed by atoms with Crippen molar-refractivity contribution in [3.8, 4) is 0 Å². The van der Waals surface area contributed by atoms with E-state index in [-0.39, 0.29) is 17.9 Å². The summed E-state index contributed by atoms with van der Waals surface area (Å²) in [5, 5.41) is 3.07. The molecule has 0 spiro atoms. The molecule has 0 saturated heterocycles. The van der Waals surface area contributed by atoms with E-state index in [0.29, 0.717) is 18.7 Å². The molecule has 2 aromatic carbocycles. The van der Waals surface area contributed by atoms with Gasteiger partial charge in [0, 0.05) is 18.3 Å². The lowest BCUT2D eigenvalue weighted by atomic mass is 10.1. The first-order valence-electron chi connectivity index (χ1n) is 11.1. The van der Waals surface area contributed by atoms with Crippen LogP contribution in [0.3, 0.4) is 0 Å². The minimum Gasteiger partial charge on any atom is -0.352 e. The van der Waals surface area contributed by atoms with Crippen LogP contribution in [0.5, 0.6) is 0 Å². The summed E-state index contributed by atoms with van der Waals surface area (Å²) in [6, 6.07) is 15.9. The van der Waals surface area contributed by atoms with Crippen LogP contribution >= 0.6 is 11.8 Å². The topological polar surface area (TPSA) is 49.4 Å². The molecule has 0 aromatic heterocycles. The van der Waals surface area contributed by atoms with Crippen LogP contribution in [0.4, 0.5) is 0 Å². The van der Waals surface area contributed by atoms with E-state index in [2.05, 4.69) is 24.4 Å². The summed E-state index contributed by atoms with van der Waals surface area (Å²) in [5.74, 6) is 1.08. The molecule has 0 heterocycles. The smallest absolute Gasteiger partial charge is 0.243 e. The quantitative estimate of drug-likeness (QED) is 0.519. The second kappa shape index (κ2) is 12.6. The average molecular weight is 441 g/mol. The van der Waals surface area contributed by atoms with Crippen molar-refractivity contribution in [1.29, 1.82) is 0 Å². The van der Waals surface area contributed by atoms with Crippen molar-refractivity contribution < 1.29 is 9.59 Å². The normalized spacial score (nSPS) is 12.8. The summed E-state index contributed by atoms with van der Waals surface area (Å²) >= 11 is 1.61. The predicted octanol–water partition coefficient (Wildman–Crippen LogP) is 5.26. The zero-order valence-electron chi connectivity index (χ0n) is 19.5. The number of carbonyl (C=O) groups excluding carboxylic acids is 2. The molecule has 168 valence electrons. The molecular formula is C26H36N2O2S. The van der Waals surface area contributed by atoms with Gasteiger partial charge in [0.2, 0.25) is 11.8 Å². The van der Waals surface area contributed by atoms with Crippen molar-refractivity contribution in [3.05, 3.63) is 70.8 Å². The van der Waals surface area contributed by atoms with Crippen molar-refractivity contribution in [2.45, 2.75) is 71.8 Å². The maximum atomic E-state index is 13.3. The van der Waals surface area contributed by atoms with Crippen molar-refractivity contribution in [3.63, 3.8) is 0 Å². The van der Waals surface area contributed by atoms with Crippen LogP contribution in [0.2, 0.25) is 0 Å². The monoisotopic (exact) mass is 440 g/mol. The number of nitrogens with one attached hydrogen (secondary N) is 1. The molecule has 0 aliphatic rings. The van der Waals surface area contributed by atoms with Gasteiger partial charge in [0.1, 0.15) is 6.04 Å². The van der Waals surface area contributed by atoms with E-state index in [9.17, 15) is 9.59 Å². The summed E-state index contributed by atoms with van der Waals surface area (Å²) in [7, 11) is 0. The summed E-state index contributed by atoms with van der Waals surface area (Å²) in [4.78, 5) is 28.1. The molecule has 0 saturated carbocycles. The summed E-state index contributed by atoms with van der Waals surface area (Å²) in [6.45, 7) is 10.6. The molecule has 0 bridgehead atoms. The lowest BCUT2D eigenvalue weighted by molar-refractivity contribution is -0.139. The van der Waals surface area contributed by atoms with Crippen molar-refractivity contribution in [1.82, 2.24) is 10.2 Å². The van der Waals surface area contributed by atoms with E-state index in [4.69, 9.17) is 0 Å². The first kappa shape index (κ1) is 25.0. The van der Waals surface area contributed by atoms with Crippen LogP contribution in [0, 0.1) is 13.8 Å². The second-order valence-corrected chi connectivity index (χ2v) is 9.09. The number of hydrogen-bond acceptors (Lipinski definition) is 3. The first-order chi connectivity index (χ1) is 14.9. The molecule has 2 rings (SSSR count). The van der Waals surface area contributed by atoms with Crippen LogP contribution in [0.1, 0.15) is 55.9 Å². The van der Waals surface area contributed by atoms with E-state index in [1.807, 2.05) is 64.1 Å². The number of carbonyl (C=O) groups is 2. The van der Waals surface area contributed by atoms with Gasteiger partial charge in [-0.25, -0.2) is 0 Å². The van der Waals surface area contributed by atoms with E-state index >= 15 is 0 Å². The fourth-order valence-corrected chi connectivity index (χ4v) is 4.42. The molecule has 2 atom stereocenters. The van der Waals surface area contributed by atoms with Gasteiger partial charge >= 0.3 is 0 Å². The number of nitrogens with zero attached hydrogens (tertiary/aromatic N) is 1. The van der Waals surface area contributed by atoms with Gasteiger partial charge < -0.3 is 10.2 Å². The molecule has 0 aliphatic carbocycles. The highest BCUT2D eigenvalue weighted by atomic mass is 32.2. The molecule has 1 N–H and O–H groups in total. The van der Waals surface area contributed by atoms with Crippen molar-refractivity contribution >= 4 is 23.6 Å². The molecule has 0 unspecified atom stereocenters. The second-order valence-electron chi connectivity index (χ2n) is 8.11. The lowest BCUT2D eigenvalue weighted by Gasteiger charge is -2.32. The third kappa shape index (κ3) is 7.42. The average Bonchev–Trinajstić information content (AvgIpc) is 2.76. The molecule has 0 fully saturated rings. The van der Waals surface area contributed by atoms with E-state index < -0.39 is 6.04 Å². The standard InChI is InChI=1S/C26H36N2O2S/c1-6-21(5)27-26(30)24(7-2)28(16-22-14-10-8-12-19(22)3)25(29)18-31-17-23-15-11-9-13-20(23)4/h8-15,21,24H,6-7,16-18H2,1-5H3,(H,27,30)/t21-,24+/m0/s1. The minimum absolute atomic E-state index is 0.00740. The van der Waals surface area contributed by atoms with Gasteiger partial charge in [-0.3, -0.25) is 9.59 Å². The first-order valence-corrected chi connectivity index (χ1v) is 12.3. The van der Waals surface area contributed by atoms with Gasteiger partial charge in [0.05, 0.1) is 5.75 Å². The van der Waals surface area contributed by atoms with E-state index in [1.54, 1.807) is 16.7 Å². The van der Waals surface area contributed by atoms with Crippen LogP contribution in [-0.2, 0) is 21.9 Å². The Morgan fingerprint density at radius 1 is 0.935 bits per heavy atom. The van der Waals surface area contributed by atoms with Gasteiger partial charge in [-0.2, -0.15) is 0 Å². The molecule has 4 nitrogen and oxygen atoms in total. The Labute approximate surface area is 191 Å². The van der Waals surface area contributed by atoms with Crippen LogP contribution in [0.15, 0.2) is 48.5 Å². The highest BCUT2D eigenvalue weighted by Gasteiger charge is 2.29. The largest absolute Gasteiger partial charge is 0.352 e. The van der Waals surface area contributed by atoms with Crippen molar-refractivity contribution in [2.75, 3.05) is 5.75 Å². The Hall–Kier alpha value is -2.27. The van der Waals surface area contributed by atoms with E-state index in [1.165, 1.54) is 11.1 Å². The molecule has 0 radical (unpaired) electrons. The third-order valence-electron chi connectivity index (χ3n) is 5.73. The Kier molecular flexibility index (Phi) is 10.1. The van der Waals surface area contributed by atoms with Gasteiger partial charge in [0.15, 0.2) is 0 Å². The Bertz CT molecular complexity index is 868. The van der Waals surface area contributed by atoms with Crippen LogP contribution < -0.4 is 5.32 Å². The highest BCUT2D eigenvalue weighted by Crippen LogP contribution is 2.20. The predicted molar refractivity (Wildman–Crippen MR) is 131 cm³/mol. The SMILES string of the molecule is CC[C@H](C(=O)N[C@@H](C)CC)N(Cc1ccccc1C)C(=O)CSCc1ccccc1C. The van der Waals surface area contributed by atoms with Gasteiger partial charge in [0.25, 0.3) is 0 Å². The Balaban J connectivity index is 2.16. The number of benzene rings is 2. The molecule has 31 heavy (non-hydrogen) atoms. The molecule has 5 heteroatoms. The van der Waals surface area contributed by atoms with E-state index in [0.717, 1.165) is 23.3 Å². The lowest BCUT2D eigenvalue weighted by Crippen LogP contribution is -2.51. The number of rotatable bonds is 11. The maximum absolute atomic E-state index is 13.3. The fraction of sp³-hybridized carbons (Fsp3) is 0.462. The van der Waals surface area contributed by atoms with Gasteiger partial charge in [-0.05, 0) is 55.9 Å². The molecule has 2 amide bonds. The molecule has 0 aliphatic heterocycles. The molecular weight excluding hydrogens is 404 g/mol. The number of aryl methyl sites for hydroxylation is 2. The zero-order valence-corrected chi connectivity index (χ0v) is 20.3. The van der Waals surface area contributed by atoms with Gasteiger partial charge in [-0.1, -0.05) is 62.4 Å². The summed E-state index contributed by atoms with van der Waals surface area (Å²) < 4.78 is 0.